The van der Waals surface area contributed by atoms with Crippen LogP contribution in [0.2, 0.25) is 0 Å². The molecule has 1 atom stereocenters. The second kappa shape index (κ2) is 7.80. The molecule has 0 bridgehead atoms. The Morgan fingerprint density at radius 2 is 2.04 bits per heavy atom. The molecule has 2 rings (SSSR count). The Bertz CT molecular complexity index is 991. The Hall–Kier alpha value is -2.86. The summed E-state index contributed by atoms with van der Waals surface area (Å²) < 4.78 is 28.8. The number of aromatic nitrogens is 1. The molecule has 2 N–H and O–H groups in total. The van der Waals surface area contributed by atoms with Crippen molar-refractivity contribution < 1.29 is 17.9 Å². The summed E-state index contributed by atoms with van der Waals surface area (Å²) in [6, 6.07) is 4.71. The standard InChI is InChI=1S/C18H22N4O4S/c1-18(2,3)26-17(23)21-11-16(19-4)22-15-10-20-9-12-6-7-13(8-14(12)15)27(5,24)25/h6-10,16,22H,11H2,1-3,5H3,(H,21,23). The molecule has 0 spiro atoms. The summed E-state index contributed by atoms with van der Waals surface area (Å²) >= 11 is 0. The Kier molecular flexibility index (Phi) is 5.91. The highest BCUT2D eigenvalue weighted by atomic mass is 32.2. The highest BCUT2D eigenvalue weighted by molar-refractivity contribution is 7.90. The van der Waals surface area contributed by atoms with E-state index in [-0.39, 0.29) is 11.4 Å². The van der Waals surface area contributed by atoms with Gasteiger partial charge >= 0.3 is 12.3 Å². The second-order valence-electron chi connectivity index (χ2n) is 7.01. The lowest BCUT2D eigenvalue weighted by molar-refractivity contribution is 0.0527. The smallest absolute Gasteiger partial charge is 0.408 e. The number of ether oxygens (including phenoxy) is 1. The maximum absolute atomic E-state index is 11.8. The number of nitrogens with one attached hydrogen (secondary N) is 2. The van der Waals surface area contributed by atoms with Crippen LogP contribution in [0.15, 0.2) is 35.5 Å². The topological polar surface area (TPSA) is 102 Å². The number of hydrogen-bond acceptors (Lipinski definition) is 6. The molecule has 1 unspecified atom stereocenters. The summed E-state index contributed by atoms with van der Waals surface area (Å²) in [5.41, 5.74) is -0.128. The van der Waals surface area contributed by atoms with E-state index in [2.05, 4.69) is 20.5 Å². The lowest BCUT2D eigenvalue weighted by atomic mass is 10.1. The van der Waals surface area contributed by atoms with Crippen molar-refractivity contribution in [2.45, 2.75) is 37.4 Å². The predicted molar refractivity (Wildman–Crippen MR) is 103 cm³/mol. The van der Waals surface area contributed by atoms with E-state index in [0.29, 0.717) is 11.1 Å². The van der Waals surface area contributed by atoms with Gasteiger partial charge in [0.25, 0.3) is 0 Å². The van der Waals surface area contributed by atoms with E-state index < -0.39 is 27.7 Å². The van der Waals surface area contributed by atoms with Crippen LogP contribution in [0.3, 0.4) is 0 Å². The minimum atomic E-state index is -3.37. The number of pyridine rings is 1. The van der Waals surface area contributed by atoms with Crippen LogP contribution in [-0.4, -0.2) is 44.1 Å². The van der Waals surface area contributed by atoms with Crippen LogP contribution in [0, 0.1) is 6.57 Å². The lowest BCUT2D eigenvalue weighted by Crippen LogP contribution is -2.38. The second-order valence-corrected chi connectivity index (χ2v) is 9.03. The van der Waals surface area contributed by atoms with E-state index in [1.807, 2.05) is 0 Å². The zero-order valence-corrected chi connectivity index (χ0v) is 16.4. The summed E-state index contributed by atoms with van der Waals surface area (Å²) in [6.45, 7) is 12.6. The van der Waals surface area contributed by atoms with Crippen molar-refractivity contribution in [1.82, 2.24) is 10.3 Å². The van der Waals surface area contributed by atoms with Gasteiger partial charge in [-0.3, -0.25) is 9.83 Å². The Morgan fingerprint density at radius 1 is 1.33 bits per heavy atom. The van der Waals surface area contributed by atoms with E-state index in [1.165, 1.54) is 18.3 Å². The fourth-order valence-electron chi connectivity index (χ4n) is 2.29. The van der Waals surface area contributed by atoms with Crippen molar-refractivity contribution in [3.8, 4) is 0 Å². The Balaban J connectivity index is 2.20. The summed E-state index contributed by atoms with van der Waals surface area (Å²) in [4.78, 5) is 19.5. The number of amides is 1. The largest absolute Gasteiger partial charge is 0.444 e. The third kappa shape index (κ3) is 5.82. The molecule has 1 aromatic carbocycles. The maximum atomic E-state index is 11.8. The third-order valence-corrected chi connectivity index (χ3v) is 4.59. The highest BCUT2D eigenvalue weighted by Crippen LogP contribution is 2.26. The molecule has 0 saturated heterocycles. The van der Waals surface area contributed by atoms with Gasteiger partial charge in [0, 0.05) is 23.2 Å². The van der Waals surface area contributed by atoms with Crippen LogP contribution in [0.5, 0.6) is 0 Å². The first-order valence-electron chi connectivity index (χ1n) is 8.17. The van der Waals surface area contributed by atoms with Gasteiger partial charge in [0.2, 0.25) is 0 Å². The number of anilines is 1. The molecule has 8 nitrogen and oxygen atoms in total. The van der Waals surface area contributed by atoms with Gasteiger partial charge < -0.3 is 15.4 Å². The van der Waals surface area contributed by atoms with E-state index in [9.17, 15) is 13.2 Å². The summed E-state index contributed by atoms with van der Waals surface area (Å²) in [7, 11) is -3.37. The molecule has 0 aliphatic rings. The van der Waals surface area contributed by atoms with Gasteiger partial charge in [-0.05, 0) is 32.9 Å². The fourth-order valence-corrected chi connectivity index (χ4v) is 2.94. The molecule has 2 aromatic rings. The van der Waals surface area contributed by atoms with Crippen LogP contribution in [0.25, 0.3) is 15.6 Å². The summed E-state index contributed by atoms with van der Waals surface area (Å²) in [6.07, 6.45) is 2.87. The van der Waals surface area contributed by atoms with E-state index in [0.717, 1.165) is 11.6 Å². The van der Waals surface area contributed by atoms with Crippen LogP contribution in [0.4, 0.5) is 10.5 Å². The molecule has 0 radical (unpaired) electrons. The van der Waals surface area contributed by atoms with Crippen molar-refractivity contribution in [1.29, 1.82) is 0 Å². The fraction of sp³-hybridized carbons (Fsp3) is 0.389. The van der Waals surface area contributed by atoms with E-state index in [1.54, 1.807) is 33.0 Å². The molecule has 1 amide bonds. The van der Waals surface area contributed by atoms with Crippen LogP contribution in [-0.2, 0) is 14.6 Å². The first-order chi connectivity index (χ1) is 12.5. The predicted octanol–water partition coefficient (Wildman–Crippen LogP) is 2.82. The molecule has 144 valence electrons. The minimum absolute atomic E-state index is 0.0145. The van der Waals surface area contributed by atoms with Crippen molar-refractivity contribution in [2.75, 3.05) is 18.1 Å². The summed E-state index contributed by atoms with van der Waals surface area (Å²) in [5.74, 6) is 0. The molecule has 0 saturated carbocycles. The highest BCUT2D eigenvalue weighted by Gasteiger charge is 2.20. The molecule has 0 aliphatic heterocycles. The van der Waals surface area contributed by atoms with Gasteiger partial charge in [-0.25, -0.2) is 19.8 Å². The number of sulfone groups is 1. The molecular formula is C18H22N4O4S. The van der Waals surface area contributed by atoms with Crippen LogP contribution < -0.4 is 10.6 Å². The zero-order valence-electron chi connectivity index (χ0n) is 15.6. The van der Waals surface area contributed by atoms with Gasteiger partial charge in [-0.2, -0.15) is 0 Å². The number of benzene rings is 1. The quantitative estimate of drug-likeness (QED) is 0.761. The molecule has 9 heteroatoms. The molecule has 0 aliphatic carbocycles. The van der Waals surface area contributed by atoms with Crippen LogP contribution >= 0.6 is 0 Å². The number of carbonyl (C=O) groups is 1. The van der Waals surface area contributed by atoms with E-state index in [4.69, 9.17) is 11.3 Å². The molecule has 1 heterocycles. The average molecular weight is 390 g/mol. The molecular weight excluding hydrogens is 368 g/mol. The van der Waals surface area contributed by atoms with Gasteiger partial charge in [0.15, 0.2) is 9.84 Å². The maximum Gasteiger partial charge on any atom is 0.408 e. The number of rotatable bonds is 5. The van der Waals surface area contributed by atoms with Gasteiger partial charge in [0.05, 0.1) is 16.8 Å². The first kappa shape index (κ1) is 20.5. The van der Waals surface area contributed by atoms with Gasteiger partial charge in [0.1, 0.15) is 12.1 Å². The normalized spacial score (nSPS) is 12.9. The third-order valence-electron chi connectivity index (χ3n) is 3.48. The van der Waals surface area contributed by atoms with Crippen molar-refractivity contribution in [2.24, 2.45) is 0 Å². The minimum Gasteiger partial charge on any atom is -0.444 e. The SMILES string of the molecule is [C-]#[N+]C(CNC(=O)OC(C)(C)C)Nc1cncc2ccc(S(C)(=O)=O)cc12. The molecule has 1 aromatic heterocycles. The number of alkyl carbamates (subject to hydrolysis) is 1. The van der Waals surface area contributed by atoms with E-state index >= 15 is 0 Å². The Labute approximate surface area is 158 Å². The molecule has 27 heavy (non-hydrogen) atoms. The van der Waals surface area contributed by atoms with Crippen molar-refractivity contribution in [3.63, 3.8) is 0 Å². The monoisotopic (exact) mass is 390 g/mol. The number of carbonyl (C=O) groups excluding carboxylic acids is 1. The summed E-state index contributed by atoms with van der Waals surface area (Å²) in [5, 5.41) is 6.88. The van der Waals surface area contributed by atoms with Crippen molar-refractivity contribution >= 4 is 32.4 Å². The number of nitrogens with zero attached hydrogens (tertiary/aromatic N) is 2. The first-order valence-corrected chi connectivity index (χ1v) is 10.1. The van der Waals surface area contributed by atoms with Gasteiger partial charge in [-0.15, -0.1) is 0 Å². The number of hydrogen-bond donors (Lipinski definition) is 2. The van der Waals surface area contributed by atoms with Gasteiger partial charge in [-0.1, -0.05) is 6.07 Å². The van der Waals surface area contributed by atoms with Crippen molar-refractivity contribution in [3.05, 3.63) is 42.0 Å². The number of fused-ring (bicyclic) bond motifs is 1. The zero-order chi connectivity index (χ0) is 20.2. The molecule has 0 fully saturated rings. The average Bonchev–Trinajstić information content (AvgIpc) is 2.55. The lowest BCUT2D eigenvalue weighted by Gasteiger charge is -2.20. The van der Waals surface area contributed by atoms with Crippen LogP contribution in [0.1, 0.15) is 20.8 Å². The Morgan fingerprint density at radius 3 is 2.63 bits per heavy atom.